The molecule has 1 aliphatic carbocycles. The molecule has 0 radical (unpaired) electrons. The Balaban J connectivity index is 1.81. The van der Waals surface area contributed by atoms with Gasteiger partial charge < -0.3 is 0 Å². The highest BCUT2D eigenvalue weighted by Gasteiger charge is 2.36. The lowest BCUT2D eigenvalue weighted by Gasteiger charge is -2.18. The number of aryl methyl sites for hydroxylation is 1. The van der Waals surface area contributed by atoms with E-state index in [1.165, 1.54) is 12.1 Å². The molecule has 0 amide bonds. The standard InChI is InChI=1S/C25H16F3N3/c26-25(27,28)20-13-16(15-29)9-12-22(20)31-23-8-4-3-7-21(23)30-24(31)19-11-10-17-5-1-2-6-18(17)14-19/h1-2,4-6,8-14H,3,7H2. The van der Waals surface area contributed by atoms with Gasteiger partial charge in [-0.2, -0.15) is 18.4 Å². The van der Waals surface area contributed by atoms with E-state index < -0.39 is 11.7 Å². The van der Waals surface area contributed by atoms with Crippen molar-refractivity contribution in [2.24, 2.45) is 0 Å². The van der Waals surface area contributed by atoms with Crippen molar-refractivity contribution in [1.82, 2.24) is 9.55 Å². The molecule has 0 saturated heterocycles. The van der Waals surface area contributed by atoms with Crippen LogP contribution in [0.2, 0.25) is 0 Å². The van der Waals surface area contributed by atoms with Crippen LogP contribution in [0.4, 0.5) is 13.2 Å². The highest BCUT2D eigenvalue weighted by atomic mass is 19.4. The van der Waals surface area contributed by atoms with Crippen molar-refractivity contribution >= 4 is 16.8 Å². The average Bonchev–Trinajstić information content (AvgIpc) is 3.17. The van der Waals surface area contributed by atoms with Crippen LogP contribution < -0.4 is 0 Å². The minimum absolute atomic E-state index is 0.0324. The maximum atomic E-state index is 14.0. The number of halogens is 3. The van der Waals surface area contributed by atoms with E-state index >= 15 is 0 Å². The van der Waals surface area contributed by atoms with E-state index in [4.69, 9.17) is 10.2 Å². The number of imidazole rings is 1. The summed E-state index contributed by atoms with van der Waals surface area (Å²) in [7, 11) is 0. The lowest BCUT2D eigenvalue weighted by atomic mass is 10.0. The Morgan fingerprint density at radius 2 is 1.77 bits per heavy atom. The Kier molecular flexibility index (Phi) is 4.40. The highest BCUT2D eigenvalue weighted by Crippen LogP contribution is 2.39. The minimum atomic E-state index is -4.61. The summed E-state index contributed by atoms with van der Waals surface area (Å²) in [6, 6.07) is 19.1. The van der Waals surface area contributed by atoms with E-state index in [1.54, 1.807) is 10.6 Å². The summed E-state index contributed by atoms with van der Waals surface area (Å²) in [6.45, 7) is 0. The number of nitrogens with zero attached hydrogens (tertiary/aromatic N) is 3. The molecular formula is C25H16F3N3. The number of hydrogen-bond donors (Lipinski definition) is 0. The molecule has 0 N–H and O–H groups in total. The number of alkyl halides is 3. The third kappa shape index (κ3) is 3.28. The predicted octanol–water partition coefficient (Wildman–Crippen LogP) is 6.54. The summed E-state index contributed by atoms with van der Waals surface area (Å²) in [5.74, 6) is 0.456. The highest BCUT2D eigenvalue weighted by molar-refractivity contribution is 5.87. The predicted molar refractivity (Wildman–Crippen MR) is 114 cm³/mol. The summed E-state index contributed by atoms with van der Waals surface area (Å²) in [4.78, 5) is 4.75. The molecule has 4 aromatic rings. The molecule has 6 heteroatoms. The van der Waals surface area contributed by atoms with Crippen molar-refractivity contribution in [3.63, 3.8) is 0 Å². The Labute approximate surface area is 176 Å². The molecule has 0 bridgehead atoms. The van der Waals surface area contributed by atoms with Crippen molar-refractivity contribution in [2.75, 3.05) is 0 Å². The van der Waals surface area contributed by atoms with Gasteiger partial charge in [0.05, 0.1) is 34.3 Å². The first-order chi connectivity index (χ1) is 15.0. The van der Waals surface area contributed by atoms with Gasteiger partial charge in [-0.25, -0.2) is 4.98 Å². The van der Waals surface area contributed by atoms with E-state index in [2.05, 4.69) is 0 Å². The number of aromatic nitrogens is 2. The molecular weight excluding hydrogens is 399 g/mol. The van der Waals surface area contributed by atoms with Gasteiger partial charge in [0.15, 0.2) is 0 Å². The van der Waals surface area contributed by atoms with E-state index in [-0.39, 0.29) is 11.3 Å². The van der Waals surface area contributed by atoms with Crippen LogP contribution in [0.1, 0.15) is 28.9 Å². The maximum absolute atomic E-state index is 14.0. The minimum Gasteiger partial charge on any atom is -0.292 e. The maximum Gasteiger partial charge on any atom is 0.418 e. The SMILES string of the molecule is N#Cc1ccc(-n2c(-c3ccc4ccccc4c3)nc3c2C=CCC3)c(C(F)(F)F)c1. The fourth-order valence-electron chi connectivity index (χ4n) is 4.04. The van der Waals surface area contributed by atoms with Crippen LogP contribution in [0.15, 0.2) is 66.7 Å². The lowest BCUT2D eigenvalue weighted by molar-refractivity contribution is -0.137. The first-order valence-corrected chi connectivity index (χ1v) is 9.85. The molecule has 5 rings (SSSR count). The number of benzene rings is 3. The van der Waals surface area contributed by atoms with Gasteiger partial charge in [0, 0.05) is 5.56 Å². The molecule has 3 aromatic carbocycles. The van der Waals surface area contributed by atoms with Gasteiger partial charge in [-0.05, 0) is 54.0 Å². The molecule has 0 aliphatic heterocycles. The second kappa shape index (κ2) is 7.13. The van der Waals surface area contributed by atoms with E-state index in [9.17, 15) is 13.2 Å². The van der Waals surface area contributed by atoms with Gasteiger partial charge in [0.1, 0.15) is 5.82 Å². The van der Waals surface area contributed by atoms with Crippen molar-refractivity contribution in [3.8, 4) is 23.1 Å². The Hall–Kier alpha value is -3.85. The van der Waals surface area contributed by atoms with Gasteiger partial charge in [-0.1, -0.05) is 42.5 Å². The zero-order valence-electron chi connectivity index (χ0n) is 16.3. The molecule has 1 heterocycles. The molecule has 152 valence electrons. The molecule has 0 unspecified atom stereocenters. The van der Waals surface area contributed by atoms with Gasteiger partial charge in [-0.15, -0.1) is 0 Å². The average molecular weight is 415 g/mol. The van der Waals surface area contributed by atoms with Gasteiger partial charge in [0.25, 0.3) is 0 Å². The zero-order chi connectivity index (χ0) is 21.6. The fourth-order valence-corrected chi connectivity index (χ4v) is 4.04. The third-order valence-corrected chi connectivity index (χ3v) is 5.49. The van der Waals surface area contributed by atoms with E-state index in [0.29, 0.717) is 17.9 Å². The second-order valence-electron chi connectivity index (χ2n) is 7.45. The smallest absolute Gasteiger partial charge is 0.292 e. The Morgan fingerprint density at radius 1 is 0.968 bits per heavy atom. The summed E-state index contributed by atoms with van der Waals surface area (Å²) in [5.41, 5.74) is 1.22. The van der Waals surface area contributed by atoms with Crippen molar-refractivity contribution in [2.45, 2.75) is 19.0 Å². The zero-order valence-corrected chi connectivity index (χ0v) is 16.3. The van der Waals surface area contributed by atoms with E-state index in [0.717, 1.165) is 34.5 Å². The first-order valence-electron chi connectivity index (χ1n) is 9.85. The lowest BCUT2D eigenvalue weighted by Crippen LogP contribution is -2.13. The second-order valence-corrected chi connectivity index (χ2v) is 7.45. The normalized spacial score (nSPS) is 13.2. The molecule has 0 saturated carbocycles. The van der Waals surface area contributed by atoms with Crippen molar-refractivity contribution < 1.29 is 13.2 Å². The molecule has 0 spiro atoms. The number of hydrogen-bond acceptors (Lipinski definition) is 2. The molecule has 1 aliphatic rings. The monoisotopic (exact) mass is 415 g/mol. The summed E-state index contributed by atoms with van der Waals surface area (Å²) >= 11 is 0. The summed E-state index contributed by atoms with van der Waals surface area (Å²) in [5, 5.41) is 11.2. The molecule has 0 atom stereocenters. The van der Waals surface area contributed by atoms with Crippen molar-refractivity contribution in [1.29, 1.82) is 5.26 Å². The third-order valence-electron chi connectivity index (χ3n) is 5.49. The topological polar surface area (TPSA) is 41.6 Å². The quantitative estimate of drug-likeness (QED) is 0.373. The van der Waals surface area contributed by atoms with Crippen LogP contribution in [0.25, 0.3) is 33.9 Å². The van der Waals surface area contributed by atoms with Crippen LogP contribution in [-0.4, -0.2) is 9.55 Å². The Bertz CT molecular complexity index is 1390. The van der Waals surface area contributed by atoms with Crippen LogP contribution >= 0.6 is 0 Å². The molecule has 3 nitrogen and oxygen atoms in total. The van der Waals surface area contributed by atoms with Crippen LogP contribution in [-0.2, 0) is 12.6 Å². The van der Waals surface area contributed by atoms with Crippen LogP contribution in [0.5, 0.6) is 0 Å². The number of allylic oxidation sites excluding steroid dienone is 1. The molecule has 31 heavy (non-hydrogen) atoms. The van der Waals surface area contributed by atoms with Crippen LogP contribution in [0.3, 0.4) is 0 Å². The summed E-state index contributed by atoms with van der Waals surface area (Å²) in [6.07, 6.45) is 0.617. The van der Waals surface area contributed by atoms with Gasteiger partial charge >= 0.3 is 6.18 Å². The number of rotatable bonds is 2. The van der Waals surface area contributed by atoms with Crippen LogP contribution in [0, 0.1) is 11.3 Å². The van der Waals surface area contributed by atoms with E-state index in [1.807, 2.05) is 54.6 Å². The first kappa shape index (κ1) is 19.1. The Morgan fingerprint density at radius 3 is 2.55 bits per heavy atom. The fraction of sp³-hybridized carbons (Fsp3) is 0.120. The van der Waals surface area contributed by atoms with Gasteiger partial charge in [-0.3, -0.25) is 4.57 Å². The number of fused-ring (bicyclic) bond motifs is 2. The van der Waals surface area contributed by atoms with Crippen molar-refractivity contribution in [3.05, 3.63) is 89.3 Å². The largest absolute Gasteiger partial charge is 0.418 e. The molecule has 1 aromatic heterocycles. The number of nitriles is 1. The summed E-state index contributed by atoms with van der Waals surface area (Å²) < 4.78 is 43.5. The molecule has 0 fully saturated rings. The van der Waals surface area contributed by atoms with Gasteiger partial charge in [0.2, 0.25) is 0 Å².